The van der Waals surface area contributed by atoms with Crippen molar-refractivity contribution in [2.24, 2.45) is 0 Å². The van der Waals surface area contributed by atoms with Gasteiger partial charge in [-0.15, -0.1) is 0 Å². The minimum atomic E-state index is -0.216. The van der Waals surface area contributed by atoms with Crippen LogP contribution in [0.1, 0.15) is 0 Å². The molecule has 0 unspecified atom stereocenters. The molecule has 0 radical (unpaired) electrons. The first kappa shape index (κ1) is 8.10. The largest absolute Gasteiger partial charge is 0.448 e. The molecule has 1 saturated heterocycles. The zero-order valence-corrected chi connectivity index (χ0v) is 7.22. The van der Waals surface area contributed by atoms with E-state index in [1.54, 1.807) is 15.8 Å². The fourth-order valence-electron chi connectivity index (χ4n) is 1.28. The maximum Gasteiger partial charge on any atom is 0.410 e. The maximum absolute atomic E-state index is 11.0. The number of nitrogens with zero attached hydrogens (tertiary/aromatic N) is 3. The third kappa shape index (κ3) is 1.80. The average Bonchev–Trinajstić information content (AvgIpc) is 2.72. The van der Waals surface area contributed by atoms with E-state index in [4.69, 9.17) is 4.74 Å². The second-order valence-electron chi connectivity index (χ2n) is 2.87. The molecule has 0 aromatic carbocycles. The lowest BCUT2D eigenvalue weighted by Crippen LogP contribution is -2.28. The molecule has 0 saturated carbocycles. The molecule has 2 rings (SSSR count). The van der Waals surface area contributed by atoms with Crippen LogP contribution in [-0.4, -0.2) is 40.5 Å². The number of ether oxygens (including phenoxy) is 1. The Kier molecular flexibility index (Phi) is 2.16. The molecule has 5 nitrogen and oxygen atoms in total. The van der Waals surface area contributed by atoms with E-state index in [0.717, 1.165) is 6.54 Å². The van der Waals surface area contributed by atoms with E-state index < -0.39 is 0 Å². The molecule has 1 aliphatic rings. The Morgan fingerprint density at radius 3 is 3.08 bits per heavy atom. The number of cyclic esters (lactones) is 1. The number of carbonyl (C=O) groups excluding carboxylic acids is 1. The number of hydrogen-bond acceptors (Lipinski definition) is 3. The molecule has 2 heterocycles. The number of hydrogen-bond donors (Lipinski definition) is 0. The average molecular weight is 181 g/mol. The molecule has 0 spiro atoms. The fourth-order valence-corrected chi connectivity index (χ4v) is 1.28. The molecular weight excluding hydrogens is 170 g/mol. The van der Waals surface area contributed by atoms with Crippen molar-refractivity contribution in [3.63, 3.8) is 0 Å². The quantitative estimate of drug-likeness (QED) is 0.675. The van der Waals surface area contributed by atoms with Crippen LogP contribution in [0.15, 0.2) is 18.5 Å². The third-order valence-electron chi connectivity index (χ3n) is 2.00. The first-order valence-electron chi connectivity index (χ1n) is 4.25. The van der Waals surface area contributed by atoms with Gasteiger partial charge < -0.3 is 9.64 Å². The molecule has 0 atom stereocenters. The number of rotatable bonds is 3. The van der Waals surface area contributed by atoms with Gasteiger partial charge in [0.05, 0.1) is 13.1 Å². The van der Waals surface area contributed by atoms with Crippen LogP contribution in [0.2, 0.25) is 0 Å². The smallest absolute Gasteiger partial charge is 0.410 e. The van der Waals surface area contributed by atoms with Gasteiger partial charge in [-0.25, -0.2) is 4.79 Å². The number of carbonyl (C=O) groups is 1. The molecule has 5 heteroatoms. The second kappa shape index (κ2) is 3.47. The van der Waals surface area contributed by atoms with Crippen LogP contribution in [0.5, 0.6) is 0 Å². The lowest BCUT2D eigenvalue weighted by atomic mass is 10.5. The molecule has 0 aliphatic carbocycles. The van der Waals surface area contributed by atoms with Crippen LogP contribution in [0.4, 0.5) is 4.79 Å². The van der Waals surface area contributed by atoms with Crippen LogP contribution < -0.4 is 0 Å². The monoisotopic (exact) mass is 181 g/mol. The molecule has 1 fully saturated rings. The van der Waals surface area contributed by atoms with Gasteiger partial charge in [0.15, 0.2) is 0 Å². The minimum Gasteiger partial charge on any atom is -0.448 e. The number of aromatic nitrogens is 2. The van der Waals surface area contributed by atoms with Crippen molar-refractivity contribution in [3.8, 4) is 0 Å². The molecule has 1 aromatic heterocycles. The summed E-state index contributed by atoms with van der Waals surface area (Å²) < 4.78 is 6.59. The highest BCUT2D eigenvalue weighted by Gasteiger charge is 2.20. The normalized spacial score (nSPS) is 16.3. The van der Waals surface area contributed by atoms with Gasteiger partial charge in [-0.05, 0) is 6.07 Å². The molecule has 0 N–H and O–H groups in total. The van der Waals surface area contributed by atoms with Crippen LogP contribution >= 0.6 is 0 Å². The Morgan fingerprint density at radius 2 is 2.46 bits per heavy atom. The lowest BCUT2D eigenvalue weighted by molar-refractivity contribution is 0.157. The molecule has 1 amide bonds. The Bertz CT molecular complexity index is 284. The van der Waals surface area contributed by atoms with E-state index in [1.807, 2.05) is 12.3 Å². The Labute approximate surface area is 75.9 Å². The Hall–Kier alpha value is -1.52. The van der Waals surface area contributed by atoms with Crippen LogP contribution in [0.25, 0.3) is 0 Å². The molecule has 1 aliphatic heterocycles. The molecular formula is C8H11N3O2. The molecule has 0 bridgehead atoms. The third-order valence-corrected chi connectivity index (χ3v) is 2.00. The highest BCUT2D eigenvalue weighted by atomic mass is 16.6. The Morgan fingerprint density at radius 1 is 1.54 bits per heavy atom. The molecule has 1 aromatic rings. The van der Waals surface area contributed by atoms with Crippen molar-refractivity contribution in [2.75, 3.05) is 19.7 Å². The summed E-state index contributed by atoms with van der Waals surface area (Å²) in [5, 5.41) is 4.04. The van der Waals surface area contributed by atoms with E-state index in [2.05, 4.69) is 5.10 Å². The van der Waals surface area contributed by atoms with Crippen molar-refractivity contribution < 1.29 is 9.53 Å². The van der Waals surface area contributed by atoms with E-state index in [9.17, 15) is 4.79 Å². The van der Waals surface area contributed by atoms with Crippen LogP contribution in [-0.2, 0) is 11.3 Å². The van der Waals surface area contributed by atoms with Crippen molar-refractivity contribution >= 4 is 6.09 Å². The van der Waals surface area contributed by atoms with Gasteiger partial charge in [0.25, 0.3) is 0 Å². The summed E-state index contributed by atoms with van der Waals surface area (Å²) in [7, 11) is 0. The van der Waals surface area contributed by atoms with E-state index in [-0.39, 0.29) is 6.09 Å². The van der Waals surface area contributed by atoms with Gasteiger partial charge in [0.1, 0.15) is 6.61 Å². The topological polar surface area (TPSA) is 47.4 Å². The predicted octanol–water partition coefficient (Wildman–Crippen LogP) is 0.335. The van der Waals surface area contributed by atoms with Crippen LogP contribution in [0.3, 0.4) is 0 Å². The van der Waals surface area contributed by atoms with Gasteiger partial charge in [-0.1, -0.05) is 0 Å². The molecule has 70 valence electrons. The highest BCUT2D eigenvalue weighted by molar-refractivity contribution is 5.69. The van der Waals surface area contributed by atoms with Gasteiger partial charge in [-0.2, -0.15) is 5.10 Å². The number of amides is 1. The maximum atomic E-state index is 11.0. The summed E-state index contributed by atoms with van der Waals surface area (Å²) in [4.78, 5) is 12.7. The van der Waals surface area contributed by atoms with Crippen molar-refractivity contribution in [1.29, 1.82) is 0 Å². The fraction of sp³-hybridized carbons (Fsp3) is 0.500. The van der Waals surface area contributed by atoms with Gasteiger partial charge in [0.2, 0.25) is 0 Å². The highest BCUT2D eigenvalue weighted by Crippen LogP contribution is 2.02. The first-order valence-corrected chi connectivity index (χ1v) is 4.25. The SMILES string of the molecule is O=C1OCCN1CCn1cccn1. The summed E-state index contributed by atoms with van der Waals surface area (Å²) in [6.07, 6.45) is 3.39. The Balaban J connectivity index is 1.82. The van der Waals surface area contributed by atoms with Crippen molar-refractivity contribution in [2.45, 2.75) is 6.54 Å². The van der Waals surface area contributed by atoms with E-state index >= 15 is 0 Å². The summed E-state index contributed by atoms with van der Waals surface area (Å²) >= 11 is 0. The minimum absolute atomic E-state index is 0.216. The zero-order chi connectivity index (χ0) is 9.10. The van der Waals surface area contributed by atoms with Gasteiger partial charge >= 0.3 is 6.09 Å². The van der Waals surface area contributed by atoms with Crippen LogP contribution in [0, 0.1) is 0 Å². The summed E-state index contributed by atoms with van der Waals surface area (Å²) in [5.41, 5.74) is 0. The molecule has 13 heavy (non-hydrogen) atoms. The lowest BCUT2D eigenvalue weighted by Gasteiger charge is -2.11. The summed E-state index contributed by atoms with van der Waals surface area (Å²) in [6.45, 7) is 2.60. The van der Waals surface area contributed by atoms with Crippen molar-refractivity contribution in [1.82, 2.24) is 14.7 Å². The van der Waals surface area contributed by atoms with E-state index in [0.29, 0.717) is 19.7 Å². The second-order valence-corrected chi connectivity index (χ2v) is 2.87. The first-order chi connectivity index (χ1) is 6.36. The van der Waals surface area contributed by atoms with Crippen molar-refractivity contribution in [3.05, 3.63) is 18.5 Å². The zero-order valence-electron chi connectivity index (χ0n) is 7.22. The van der Waals surface area contributed by atoms with Gasteiger partial charge in [0, 0.05) is 18.9 Å². The summed E-state index contributed by atoms with van der Waals surface area (Å²) in [6, 6.07) is 1.86. The summed E-state index contributed by atoms with van der Waals surface area (Å²) in [5.74, 6) is 0. The predicted molar refractivity (Wildman–Crippen MR) is 45.1 cm³/mol. The van der Waals surface area contributed by atoms with E-state index in [1.165, 1.54) is 0 Å². The standard InChI is InChI=1S/C8H11N3O2/c12-8-10(6-7-13-8)4-5-11-3-1-2-9-11/h1-3H,4-7H2. The van der Waals surface area contributed by atoms with Gasteiger partial charge in [-0.3, -0.25) is 4.68 Å².